The number of rotatable bonds is 3. The number of nitrogens with zero attached hydrogens (tertiary/aromatic N) is 2. The summed E-state index contributed by atoms with van der Waals surface area (Å²) in [5.74, 6) is -0.0219. The highest BCUT2D eigenvalue weighted by Crippen LogP contribution is 2.24. The summed E-state index contributed by atoms with van der Waals surface area (Å²) in [6, 6.07) is 17.1. The predicted octanol–water partition coefficient (Wildman–Crippen LogP) is 3.68. The zero-order valence-corrected chi connectivity index (χ0v) is 14.1. The molecule has 3 aromatic rings. The first-order valence-corrected chi connectivity index (χ1v) is 7.96. The van der Waals surface area contributed by atoms with E-state index >= 15 is 0 Å². The summed E-state index contributed by atoms with van der Waals surface area (Å²) in [4.78, 5) is 25.1. The van der Waals surface area contributed by atoms with Crippen LogP contribution in [0.1, 0.15) is 20.8 Å². The molecule has 4 heteroatoms. The van der Waals surface area contributed by atoms with Crippen molar-refractivity contribution in [2.75, 3.05) is 0 Å². The third-order valence-corrected chi connectivity index (χ3v) is 4.04. The van der Waals surface area contributed by atoms with Gasteiger partial charge in [-0.1, -0.05) is 69.3 Å². The Hall–Kier alpha value is -2.75. The molecule has 0 aliphatic rings. The number of fused-ring (bicyclic) bond motifs is 1. The molecule has 0 saturated heterocycles. The maximum atomic E-state index is 12.7. The average molecular weight is 320 g/mol. The molecule has 1 aromatic heterocycles. The van der Waals surface area contributed by atoms with E-state index in [2.05, 4.69) is 5.10 Å². The standard InChI is InChI=1S/C20H20N2O2/c1-20(2,3)17(23)13-22-19(24)16-12-8-7-11-15(16)18(21-22)14-9-5-4-6-10-14/h4-12H,13H2,1-3H3. The molecule has 4 nitrogen and oxygen atoms in total. The topological polar surface area (TPSA) is 52.0 Å². The molecule has 0 atom stereocenters. The quantitative estimate of drug-likeness (QED) is 0.740. The molecule has 0 radical (unpaired) electrons. The second kappa shape index (κ2) is 6.04. The highest BCUT2D eigenvalue weighted by atomic mass is 16.1. The van der Waals surface area contributed by atoms with Gasteiger partial charge in [-0.05, 0) is 6.07 Å². The van der Waals surface area contributed by atoms with Gasteiger partial charge in [0.25, 0.3) is 5.56 Å². The van der Waals surface area contributed by atoms with Crippen LogP contribution in [0.5, 0.6) is 0 Å². The van der Waals surface area contributed by atoms with Gasteiger partial charge in [0, 0.05) is 16.4 Å². The van der Waals surface area contributed by atoms with Crippen LogP contribution >= 0.6 is 0 Å². The summed E-state index contributed by atoms with van der Waals surface area (Å²) >= 11 is 0. The third kappa shape index (κ3) is 3.00. The minimum absolute atomic E-state index is 0.0208. The summed E-state index contributed by atoms with van der Waals surface area (Å²) in [5.41, 5.74) is 0.890. The van der Waals surface area contributed by atoms with E-state index in [1.54, 1.807) is 6.07 Å². The lowest BCUT2D eigenvalue weighted by Gasteiger charge is -2.17. The first-order valence-electron chi connectivity index (χ1n) is 7.96. The van der Waals surface area contributed by atoms with Crippen molar-refractivity contribution in [2.24, 2.45) is 5.41 Å². The van der Waals surface area contributed by atoms with Crippen LogP contribution in [0.3, 0.4) is 0 Å². The van der Waals surface area contributed by atoms with Gasteiger partial charge < -0.3 is 0 Å². The van der Waals surface area contributed by atoms with Crippen LogP contribution < -0.4 is 5.56 Å². The third-order valence-electron chi connectivity index (χ3n) is 4.04. The number of carbonyl (C=O) groups is 1. The molecule has 24 heavy (non-hydrogen) atoms. The molecule has 3 rings (SSSR count). The zero-order valence-electron chi connectivity index (χ0n) is 14.1. The van der Waals surface area contributed by atoms with E-state index < -0.39 is 5.41 Å². The largest absolute Gasteiger partial charge is 0.297 e. The van der Waals surface area contributed by atoms with E-state index in [9.17, 15) is 9.59 Å². The number of benzene rings is 2. The Kier molecular flexibility index (Phi) is 4.06. The maximum Gasteiger partial charge on any atom is 0.275 e. The fourth-order valence-electron chi connectivity index (χ4n) is 2.52. The normalized spacial score (nSPS) is 11.6. The van der Waals surface area contributed by atoms with Crippen LogP contribution in [0.25, 0.3) is 22.0 Å². The van der Waals surface area contributed by atoms with Crippen LogP contribution in [0.2, 0.25) is 0 Å². The number of hydrogen-bond donors (Lipinski definition) is 0. The highest BCUT2D eigenvalue weighted by Gasteiger charge is 2.23. The monoisotopic (exact) mass is 320 g/mol. The van der Waals surface area contributed by atoms with Gasteiger partial charge in [-0.2, -0.15) is 5.10 Å². The number of Topliss-reactive ketones (excluding diaryl/α,β-unsaturated/α-hetero) is 1. The molecule has 0 unspecified atom stereocenters. The Morgan fingerprint density at radius 1 is 0.958 bits per heavy atom. The fraction of sp³-hybridized carbons (Fsp3) is 0.250. The average Bonchev–Trinajstić information content (AvgIpc) is 2.57. The van der Waals surface area contributed by atoms with E-state index in [4.69, 9.17) is 0 Å². The van der Waals surface area contributed by atoms with E-state index in [1.165, 1.54) is 4.68 Å². The smallest absolute Gasteiger partial charge is 0.275 e. The highest BCUT2D eigenvalue weighted by molar-refractivity contribution is 5.94. The van der Waals surface area contributed by atoms with Crippen molar-refractivity contribution in [3.8, 4) is 11.3 Å². The van der Waals surface area contributed by atoms with E-state index in [0.717, 1.165) is 10.9 Å². The number of ketones is 1. The van der Waals surface area contributed by atoms with Gasteiger partial charge >= 0.3 is 0 Å². The molecule has 0 N–H and O–H groups in total. The van der Waals surface area contributed by atoms with Gasteiger partial charge in [0.15, 0.2) is 5.78 Å². The lowest BCUT2D eigenvalue weighted by Crippen LogP contribution is -2.32. The second-order valence-electron chi connectivity index (χ2n) is 6.90. The molecule has 0 saturated carbocycles. The molecule has 122 valence electrons. The molecule has 2 aromatic carbocycles. The molecule has 0 aliphatic carbocycles. The second-order valence-corrected chi connectivity index (χ2v) is 6.90. The lowest BCUT2D eigenvalue weighted by atomic mass is 9.91. The Bertz CT molecular complexity index is 951. The Labute approximate surface area is 140 Å². The first-order chi connectivity index (χ1) is 11.4. The van der Waals surface area contributed by atoms with Crippen molar-refractivity contribution in [2.45, 2.75) is 27.3 Å². The van der Waals surface area contributed by atoms with Crippen molar-refractivity contribution >= 4 is 16.6 Å². The molecular formula is C20H20N2O2. The van der Waals surface area contributed by atoms with Gasteiger partial charge in [0.05, 0.1) is 11.1 Å². The van der Waals surface area contributed by atoms with Gasteiger partial charge in [0.1, 0.15) is 6.54 Å². The van der Waals surface area contributed by atoms with Gasteiger partial charge in [-0.3, -0.25) is 9.59 Å². The minimum atomic E-state index is -0.514. The van der Waals surface area contributed by atoms with Crippen molar-refractivity contribution in [1.29, 1.82) is 0 Å². The van der Waals surface area contributed by atoms with Crippen molar-refractivity contribution in [3.63, 3.8) is 0 Å². The number of hydrogen-bond acceptors (Lipinski definition) is 3. The maximum absolute atomic E-state index is 12.7. The van der Waals surface area contributed by atoms with Crippen LogP contribution in [0.15, 0.2) is 59.4 Å². The molecule has 0 spiro atoms. The Morgan fingerprint density at radius 2 is 1.54 bits per heavy atom. The van der Waals surface area contributed by atoms with Crippen LogP contribution in [0, 0.1) is 5.41 Å². The first kappa shape index (κ1) is 16.1. The summed E-state index contributed by atoms with van der Waals surface area (Å²) in [6.07, 6.45) is 0. The summed E-state index contributed by atoms with van der Waals surface area (Å²) < 4.78 is 1.29. The summed E-state index contributed by atoms with van der Waals surface area (Å²) in [7, 11) is 0. The lowest BCUT2D eigenvalue weighted by molar-refractivity contribution is -0.127. The van der Waals surface area contributed by atoms with Crippen LogP contribution in [-0.4, -0.2) is 15.6 Å². The van der Waals surface area contributed by atoms with Gasteiger partial charge in [-0.25, -0.2) is 4.68 Å². The van der Waals surface area contributed by atoms with Crippen LogP contribution in [-0.2, 0) is 11.3 Å². The Morgan fingerprint density at radius 3 is 2.17 bits per heavy atom. The molecule has 0 fully saturated rings. The Balaban J connectivity index is 2.23. The van der Waals surface area contributed by atoms with E-state index in [1.807, 2.05) is 69.3 Å². The SMILES string of the molecule is CC(C)(C)C(=O)Cn1nc(-c2ccccc2)c2ccccc2c1=O. The van der Waals surface area contributed by atoms with Gasteiger partial charge in [-0.15, -0.1) is 0 Å². The van der Waals surface area contributed by atoms with Gasteiger partial charge in [0.2, 0.25) is 0 Å². The summed E-state index contributed by atoms with van der Waals surface area (Å²) in [5, 5.41) is 5.88. The van der Waals surface area contributed by atoms with E-state index in [0.29, 0.717) is 11.1 Å². The van der Waals surface area contributed by atoms with Crippen molar-refractivity contribution in [3.05, 3.63) is 65.0 Å². The molecule has 0 amide bonds. The predicted molar refractivity (Wildman–Crippen MR) is 95.9 cm³/mol. The summed E-state index contributed by atoms with van der Waals surface area (Å²) in [6.45, 7) is 5.52. The fourth-order valence-corrected chi connectivity index (χ4v) is 2.52. The molecular weight excluding hydrogens is 300 g/mol. The molecule has 0 bridgehead atoms. The van der Waals surface area contributed by atoms with Crippen LogP contribution in [0.4, 0.5) is 0 Å². The molecule has 0 aliphatic heterocycles. The minimum Gasteiger partial charge on any atom is -0.297 e. The number of carbonyl (C=O) groups excluding carboxylic acids is 1. The zero-order chi connectivity index (χ0) is 17.3. The molecule has 1 heterocycles. The van der Waals surface area contributed by atoms with E-state index in [-0.39, 0.29) is 17.9 Å². The number of aromatic nitrogens is 2. The van der Waals surface area contributed by atoms with Crippen molar-refractivity contribution < 1.29 is 4.79 Å². The van der Waals surface area contributed by atoms with Crippen molar-refractivity contribution in [1.82, 2.24) is 9.78 Å².